The largest absolute Gasteiger partial charge is 0.511 e. The van der Waals surface area contributed by atoms with Crippen LogP contribution >= 0.6 is 0 Å². The fourth-order valence-electron chi connectivity index (χ4n) is 2.80. The first-order chi connectivity index (χ1) is 10.7. The number of allylic oxidation sites excluding steroid dienone is 2. The molecule has 0 aliphatic heterocycles. The zero-order valence-electron chi connectivity index (χ0n) is 13.3. The average molecular weight is 299 g/mol. The number of Topliss-reactive ketones (excluding diaryl/α,β-unsaturated/α-hetero) is 1. The lowest BCUT2D eigenvalue weighted by molar-refractivity contribution is -0.116. The van der Waals surface area contributed by atoms with E-state index in [4.69, 9.17) is 0 Å². The standard InChI is InChI=1S/C19H25NO2/c1-2-3-4-8-11-20-14-17-18(21)12-16(13-19(17)22)15-9-6-5-7-10-15/h5-7,9-10,14,16,21H,2-4,8,11-13H2,1H3. The van der Waals surface area contributed by atoms with E-state index in [-0.39, 0.29) is 17.5 Å². The molecule has 1 aliphatic carbocycles. The van der Waals surface area contributed by atoms with Crippen LogP contribution < -0.4 is 0 Å². The zero-order chi connectivity index (χ0) is 15.8. The zero-order valence-corrected chi connectivity index (χ0v) is 13.3. The molecule has 0 aromatic heterocycles. The van der Waals surface area contributed by atoms with Gasteiger partial charge in [0.2, 0.25) is 0 Å². The number of hydrogen-bond donors (Lipinski definition) is 1. The molecule has 0 heterocycles. The maximum Gasteiger partial charge on any atom is 0.168 e. The highest BCUT2D eigenvalue weighted by atomic mass is 16.3. The Morgan fingerprint density at radius 1 is 1.18 bits per heavy atom. The van der Waals surface area contributed by atoms with Crippen molar-refractivity contribution in [1.29, 1.82) is 0 Å². The van der Waals surface area contributed by atoms with Gasteiger partial charge in [0.1, 0.15) is 5.76 Å². The maximum atomic E-state index is 12.2. The first-order valence-corrected chi connectivity index (χ1v) is 8.22. The Bertz CT molecular complexity index is 546. The molecule has 0 saturated carbocycles. The van der Waals surface area contributed by atoms with Gasteiger partial charge in [0.25, 0.3) is 0 Å². The third kappa shape index (κ3) is 4.55. The summed E-state index contributed by atoms with van der Waals surface area (Å²) >= 11 is 0. The van der Waals surface area contributed by atoms with Crippen LogP contribution in [0.4, 0.5) is 0 Å². The number of carbonyl (C=O) groups excluding carboxylic acids is 1. The third-order valence-electron chi connectivity index (χ3n) is 4.11. The molecule has 1 aliphatic rings. The van der Waals surface area contributed by atoms with Crippen molar-refractivity contribution < 1.29 is 9.90 Å². The number of rotatable bonds is 7. The van der Waals surface area contributed by atoms with Crippen LogP contribution in [0.25, 0.3) is 0 Å². The molecule has 0 bridgehead atoms. The van der Waals surface area contributed by atoms with Gasteiger partial charge in [-0.05, 0) is 17.9 Å². The fraction of sp³-hybridized carbons (Fsp3) is 0.474. The van der Waals surface area contributed by atoms with Crippen molar-refractivity contribution in [3.05, 3.63) is 47.2 Å². The van der Waals surface area contributed by atoms with Gasteiger partial charge in [-0.25, -0.2) is 0 Å². The number of unbranched alkanes of at least 4 members (excludes halogenated alkanes) is 3. The molecule has 3 nitrogen and oxygen atoms in total. The van der Waals surface area contributed by atoms with Gasteiger partial charge in [-0.2, -0.15) is 0 Å². The highest BCUT2D eigenvalue weighted by Gasteiger charge is 2.27. The quantitative estimate of drug-likeness (QED) is 0.591. The molecule has 0 saturated heterocycles. The summed E-state index contributed by atoms with van der Waals surface area (Å²) in [5.74, 6) is 0.257. The van der Waals surface area contributed by atoms with Crippen molar-refractivity contribution in [2.24, 2.45) is 4.99 Å². The van der Waals surface area contributed by atoms with Gasteiger partial charge in [0, 0.05) is 25.6 Å². The number of aliphatic imine (C=N–C) groups is 1. The van der Waals surface area contributed by atoms with Crippen molar-refractivity contribution in [2.75, 3.05) is 6.54 Å². The van der Waals surface area contributed by atoms with Crippen molar-refractivity contribution in [3.8, 4) is 0 Å². The monoisotopic (exact) mass is 299 g/mol. The predicted molar refractivity (Wildman–Crippen MR) is 90.6 cm³/mol. The summed E-state index contributed by atoms with van der Waals surface area (Å²) in [6.45, 7) is 2.90. The van der Waals surface area contributed by atoms with Crippen LogP contribution in [0.1, 0.15) is 56.9 Å². The number of aliphatic hydroxyl groups is 1. The summed E-state index contributed by atoms with van der Waals surface area (Å²) in [5.41, 5.74) is 1.51. The van der Waals surface area contributed by atoms with E-state index in [0.717, 1.165) is 18.5 Å². The summed E-state index contributed by atoms with van der Waals surface area (Å²) in [6.07, 6.45) is 7.18. The molecule has 2 rings (SSSR count). The van der Waals surface area contributed by atoms with Gasteiger partial charge in [0.15, 0.2) is 5.78 Å². The molecule has 1 atom stereocenters. The lowest BCUT2D eigenvalue weighted by Crippen LogP contribution is -2.19. The third-order valence-corrected chi connectivity index (χ3v) is 4.11. The van der Waals surface area contributed by atoms with E-state index in [9.17, 15) is 9.90 Å². The second-order valence-electron chi connectivity index (χ2n) is 5.90. The van der Waals surface area contributed by atoms with Crippen LogP contribution in [0.2, 0.25) is 0 Å². The predicted octanol–water partition coefficient (Wildman–Crippen LogP) is 4.60. The normalized spacial score (nSPS) is 19.1. The number of ketones is 1. The summed E-state index contributed by atoms with van der Waals surface area (Å²) in [5, 5.41) is 10.2. The van der Waals surface area contributed by atoms with E-state index in [1.165, 1.54) is 19.3 Å². The van der Waals surface area contributed by atoms with Crippen molar-refractivity contribution in [3.63, 3.8) is 0 Å². The second-order valence-corrected chi connectivity index (χ2v) is 5.90. The number of carbonyl (C=O) groups is 1. The number of aliphatic hydroxyl groups excluding tert-OH is 1. The van der Waals surface area contributed by atoms with Crippen LogP contribution in [0.3, 0.4) is 0 Å². The summed E-state index contributed by atoms with van der Waals surface area (Å²) in [7, 11) is 0. The average Bonchev–Trinajstić information content (AvgIpc) is 2.53. The highest BCUT2D eigenvalue weighted by molar-refractivity contribution is 6.14. The van der Waals surface area contributed by atoms with Crippen LogP contribution in [0, 0.1) is 0 Å². The number of nitrogens with zero attached hydrogens (tertiary/aromatic N) is 1. The first-order valence-electron chi connectivity index (χ1n) is 8.22. The molecule has 1 aromatic rings. The van der Waals surface area contributed by atoms with Gasteiger partial charge < -0.3 is 5.11 Å². The molecule has 22 heavy (non-hydrogen) atoms. The van der Waals surface area contributed by atoms with Crippen LogP contribution in [0.15, 0.2) is 46.7 Å². The van der Waals surface area contributed by atoms with E-state index in [2.05, 4.69) is 11.9 Å². The Morgan fingerprint density at radius 3 is 2.64 bits per heavy atom. The smallest absolute Gasteiger partial charge is 0.168 e. The lowest BCUT2D eigenvalue weighted by Gasteiger charge is -2.22. The van der Waals surface area contributed by atoms with Crippen LogP contribution in [0.5, 0.6) is 0 Å². The van der Waals surface area contributed by atoms with Gasteiger partial charge in [0.05, 0.1) is 5.57 Å². The van der Waals surface area contributed by atoms with Crippen molar-refractivity contribution >= 4 is 12.0 Å². The van der Waals surface area contributed by atoms with Gasteiger partial charge in [-0.3, -0.25) is 9.79 Å². The lowest BCUT2D eigenvalue weighted by atomic mass is 9.83. The molecule has 3 heteroatoms. The number of benzene rings is 1. The van der Waals surface area contributed by atoms with Crippen LogP contribution in [-0.2, 0) is 4.79 Å². The van der Waals surface area contributed by atoms with Gasteiger partial charge in [-0.1, -0.05) is 56.5 Å². The second kappa shape index (κ2) is 8.52. The van der Waals surface area contributed by atoms with Crippen molar-refractivity contribution in [1.82, 2.24) is 0 Å². The minimum atomic E-state index is -0.00471. The SMILES string of the molecule is CCCCCCN=CC1=C(O)CC(c2ccccc2)CC1=O. The van der Waals surface area contributed by atoms with Crippen LogP contribution in [-0.4, -0.2) is 23.6 Å². The Morgan fingerprint density at radius 2 is 1.95 bits per heavy atom. The van der Waals surface area contributed by atoms with E-state index >= 15 is 0 Å². The molecule has 0 spiro atoms. The molecular weight excluding hydrogens is 274 g/mol. The maximum absolute atomic E-state index is 12.2. The molecule has 1 aromatic carbocycles. The Kier molecular flexibility index (Phi) is 6.38. The van der Waals surface area contributed by atoms with Crippen molar-refractivity contribution in [2.45, 2.75) is 51.4 Å². The molecule has 0 amide bonds. The molecule has 1 unspecified atom stereocenters. The molecule has 0 radical (unpaired) electrons. The summed E-state index contributed by atoms with van der Waals surface area (Å²) in [4.78, 5) is 16.5. The molecular formula is C19H25NO2. The molecule has 0 fully saturated rings. The number of hydrogen-bond acceptors (Lipinski definition) is 3. The Labute approximate surface area is 132 Å². The molecule has 118 valence electrons. The Balaban J connectivity index is 1.95. The highest BCUT2D eigenvalue weighted by Crippen LogP contribution is 2.32. The van der Waals surface area contributed by atoms with Gasteiger partial charge in [-0.15, -0.1) is 0 Å². The summed E-state index contributed by atoms with van der Waals surface area (Å²) in [6, 6.07) is 9.91. The van der Waals surface area contributed by atoms with E-state index in [0.29, 0.717) is 18.4 Å². The minimum Gasteiger partial charge on any atom is -0.511 e. The van der Waals surface area contributed by atoms with E-state index < -0.39 is 0 Å². The van der Waals surface area contributed by atoms with Gasteiger partial charge >= 0.3 is 0 Å². The topological polar surface area (TPSA) is 49.7 Å². The summed E-state index contributed by atoms with van der Waals surface area (Å²) < 4.78 is 0. The Hall–Kier alpha value is -1.90. The van der Waals surface area contributed by atoms with E-state index in [1.54, 1.807) is 6.21 Å². The first kappa shape index (κ1) is 16.5. The molecule has 1 N–H and O–H groups in total. The fourth-order valence-corrected chi connectivity index (χ4v) is 2.80. The van der Waals surface area contributed by atoms with E-state index in [1.807, 2.05) is 30.3 Å². The minimum absolute atomic E-state index is 0.00471.